The van der Waals surface area contributed by atoms with Gasteiger partial charge in [-0.05, 0) is 30.5 Å². The molecular formula is C23H32N4O4. The number of anilines is 1. The summed E-state index contributed by atoms with van der Waals surface area (Å²) in [6.07, 6.45) is 6.73. The quantitative estimate of drug-likeness (QED) is 0.421. The molecule has 8 nitrogen and oxygen atoms in total. The van der Waals surface area contributed by atoms with Crippen LogP contribution in [0.4, 0.5) is 5.95 Å². The normalized spacial score (nSPS) is 17.6. The van der Waals surface area contributed by atoms with Crippen molar-refractivity contribution in [3.63, 3.8) is 0 Å². The van der Waals surface area contributed by atoms with Gasteiger partial charge in [-0.15, -0.1) is 0 Å². The van der Waals surface area contributed by atoms with Gasteiger partial charge in [0.25, 0.3) is 0 Å². The molecule has 0 spiro atoms. The largest absolute Gasteiger partial charge is 0.493 e. The first kappa shape index (κ1) is 22.7. The number of aromatic nitrogens is 3. The Labute approximate surface area is 183 Å². The van der Waals surface area contributed by atoms with Gasteiger partial charge in [-0.25, -0.2) is 4.68 Å². The van der Waals surface area contributed by atoms with Crippen molar-refractivity contribution in [1.82, 2.24) is 14.8 Å². The number of nitrogens with zero attached hydrogens (tertiary/aromatic N) is 3. The summed E-state index contributed by atoms with van der Waals surface area (Å²) in [5, 5.41) is 7.41. The van der Waals surface area contributed by atoms with Gasteiger partial charge >= 0.3 is 5.97 Å². The SMILES string of the molecule is C=C1Nc2ncnn2[C@H](c2ccc(OCCCCCC)c(OC)c2)[C@H]1C(=O)OCCC. The molecule has 168 valence electrons. The molecule has 2 heterocycles. The minimum atomic E-state index is -0.647. The molecule has 0 saturated carbocycles. The molecule has 1 aromatic heterocycles. The van der Waals surface area contributed by atoms with E-state index in [9.17, 15) is 4.79 Å². The number of benzene rings is 1. The standard InChI is InChI=1S/C23H32N4O4/c1-5-7-8-9-13-30-18-11-10-17(14-19(18)29-4)21-20(22(28)31-12-6-2)16(3)26-23-24-15-25-27(21)23/h10-11,14-15,20-21H,3,5-9,12-13H2,1-2,4H3,(H,24,25,26)/t20-,21+/m0/s1. The smallest absolute Gasteiger partial charge is 0.317 e. The summed E-state index contributed by atoms with van der Waals surface area (Å²) in [5.74, 6) is 0.829. The second-order valence-electron chi connectivity index (χ2n) is 7.59. The lowest BCUT2D eigenvalue weighted by molar-refractivity contribution is -0.148. The number of methoxy groups -OCH3 is 1. The van der Waals surface area contributed by atoms with E-state index in [1.165, 1.54) is 19.2 Å². The molecule has 1 N–H and O–H groups in total. The highest BCUT2D eigenvalue weighted by Gasteiger charge is 2.40. The minimum absolute atomic E-state index is 0.347. The average molecular weight is 429 g/mol. The third-order valence-electron chi connectivity index (χ3n) is 5.29. The van der Waals surface area contributed by atoms with Gasteiger partial charge in [0.05, 0.1) is 26.4 Å². The number of nitrogens with one attached hydrogen (secondary N) is 1. The Bertz CT molecular complexity index is 895. The molecule has 8 heteroatoms. The molecule has 0 unspecified atom stereocenters. The van der Waals surface area contributed by atoms with Crippen LogP contribution in [0.3, 0.4) is 0 Å². The highest BCUT2D eigenvalue weighted by atomic mass is 16.5. The van der Waals surface area contributed by atoms with E-state index < -0.39 is 12.0 Å². The van der Waals surface area contributed by atoms with Crippen molar-refractivity contribution in [3.05, 3.63) is 42.4 Å². The maximum atomic E-state index is 12.9. The van der Waals surface area contributed by atoms with E-state index in [0.717, 1.165) is 24.8 Å². The molecule has 3 rings (SSSR count). The summed E-state index contributed by atoms with van der Waals surface area (Å²) in [7, 11) is 1.61. The van der Waals surface area contributed by atoms with Crippen LogP contribution < -0.4 is 14.8 Å². The Hall–Kier alpha value is -3.03. The molecule has 0 radical (unpaired) electrons. The second kappa shape index (κ2) is 10.8. The zero-order valence-corrected chi connectivity index (χ0v) is 18.6. The van der Waals surface area contributed by atoms with Gasteiger partial charge in [-0.2, -0.15) is 10.1 Å². The van der Waals surface area contributed by atoms with Gasteiger partial charge in [-0.1, -0.05) is 45.8 Å². The fraction of sp³-hybridized carbons (Fsp3) is 0.522. The van der Waals surface area contributed by atoms with Crippen molar-refractivity contribution in [1.29, 1.82) is 0 Å². The number of hydrogen-bond acceptors (Lipinski definition) is 7. The van der Waals surface area contributed by atoms with E-state index in [2.05, 4.69) is 28.9 Å². The lowest BCUT2D eigenvalue weighted by Crippen LogP contribution is -2.38. The molecule has 0 aliphatic carbocycles. The number of rotatable bonds is 11. The van der Waals surface area contributed by atoms with Crippen molar-refractivity contribution in [2.24, 2.45) is 5.92 Å². The number of unbranched alkanes of at least 4 members (excludes halogenated alkanes) is 3. The predicted octanol–water partition coefficient (Wildman–Crippen LogP) is 4.34. The van der Waals surface area contributed by atoms with Gasteiger partial charge in [-0.3, -0.25) is 4.79 Å². The van der Waals surface area contributed by atoms with Crippen molar-refractivity contribution in [2.75, 3.05) is 25.6 Å². The van der Waals surface area contributed by atoms with Crippen LogP contribution in [0.5, 0.6) is 11.5 Å². The van der Waals surface area contributed by atoms with Crippen molar-refractivity contribution < 1.29 is 19.0 Å². The maximum absolute atomic E-state index is 12.9. The summed E-state index contributed by atoms with van der Waals surface area (Å²) in [5.41, 5.74) is 1.37. The van der Waals surface area contributed by atoms with Gasteiger partial charge in [0, 0.05) is 5.70 Å². The summed E-state index contributed by atoms with van der Waals surface area (Å²) in [6, 6.07) is 5.24. The molecule has 0 bridgehead atoms. The van der Waals surface area contributed by atoms with Gasteiger partial charge < -0.3 is 19.5 Å². The third kappa shape index (κ3) is 5.18. The number of carbonyl (C=O) groups excluding carboxylic acids is 1. The molecule has 31 heavy (non-hydrogen) atoms. The van der Waals surface area contributed by atoms with E-state index in [0.29, 0.717) is 36.4 Å². The number of esters is 1. The highest BCUT2D eigenvalue weighted by molar-refractivity contribution is 5.79. The summed E-state index contributed by atoms with van der Waals surface area (Å²) < 4.78 is 18.7. The van der Waals surface area contributed by atoms with E-state index in [-0.39, 0.29) is 5.97 Å². The maximum Gasteiger partial charge on any atom is 0.317 e. The first-order chi connectivity index (χ1) is 15.1. The van der Waals surface area contributed by atoms with E-state index >= 15 is 0 Å². The van der Waals surface area contributed by atoms with Crippen molar-refractivity contribution >= 4 is 11.9 Å². The van der Waals surface area contributed by atoms with Crippen LogP contribution in [0.2, 0.25) is 0 Å². The molecule has 1 aromatic carbocycles. The summed E-state index contributed by atoms with van der Waals surface area (Å²) in [4.78, 5) is 17.1. The Morgan fingerprint density at radius 3 is 2.74 bits per heavy atom. The van der Waals surface area contributed by atoms with Crippen LogP contribution in [0.1, 0.15) is 57.6 Å². The molecule has 1 aliphatic heterocycles. The topological polar surface area (TPSA) is 87.5 Å². The fourth-order valence-electron chi connectivity index (χ4n) is 3.69. The van der Waals surface area contributed by atoms with Gasteiger partial charge in [0.1, 0.15) is 12.2 Å². The Kier molecular flexibility index (Phi) is 7.92. The van der Waals surface area contributed by atoms with Crippen LogP contribution in [0.25, 0.3) is 0 Å². The van der Waals surface area contributed by atoms with Crippen LogP contribution in [-0.2, 0) is 9.53 Å². The predicted molar refractivity (Wildman–Crippen MR) is 118 cm³/mol. The lowest BCUT2D eigenvalue weighted by Gasteiger charge is -2.33. The van der Waals surface area contributed by atoms with Crippen molar-refractivity contribution in [3.8, 4) is 11.5 Å². The first-order valence-electron chi connectivity index (χ1n) is 10.9. The zero-order valence-electron chi connectivity index (χ0n) is 18.6. The second-order valence-corrected chi connectivity index (χ2v) is 7.59. The molecule has 0 fully saturated rings. The molecule has 0 saturated heterocycles. The molecule has 0 amide bonds. The van der Waals surface area contributed by atoms with E-state index in [1.807, 2.05) is 25.1 Å². The average Bonchev–Trinajstić information content (AvgIpc) is 3.24. The monoisotopic (exact) mass is 428 g/mol. The molecule has 2 atom stereocenters. The van der Waals surface area contributed by atoms with E-state index in [1.54, 1.807) is 11.8 Å². The Balaban J connectivity index is 1.88. The van der Waals surface area contributed by atoms with Crippen LogP contribution in [0.15, 0.2) is 36.8 Å². The Morgan fingerprint density at radius 2 is 2.00 bits per heavy atom. The van der Waals surface area contributed by atoms with Gasteiger partial charge in [0.2, 0.25) is 5.95 Å². The molecule has 2 aromatic rings. The number of fused-ring (bicyclic) bond motifs is 1. The van der Waals surface area contributed by atoms with Gasteiger partial charge in [0.15, 0.2) is 11.5 Å². The third-order valence-corrected chi connectivity index (χ3v) is 5.29. The molecular weight excluding hydrogens is 396 g/mol. The highest BCUT2D eigenvalue weighted by Crippen LogP contribution is 2.40. The number of carbonyl (C=O) groups is 1. The number of hydrogen-bond donors (Lipinski definition) is 1. The first-order valence-corrected chi connectivity index (χ1v) is 10.9. The fourth-order valence-corrected chi connectivity index (χ4v) is 3.69. The minimum Gasteiger partial charge on any atom is -0.493 e. The van der Waals surface area contributed by atoms with Crippen LogP contribution in [0, 0.1) is 5.92 Å². The van der Waals surface area contributed by atoms with Crippen LogP contribution in [-0.4, -0.2) is 41.1 Å². The van der Waals surface area contributed by atoms with Crippen LogP contribution >= 0.6 is 0 Å². The lowest BCUT2D eigenvalue weighted by atomic mass is 9.89. The Morgan fingerprint density at radius 1 is 1.16 bits per heavy atom. The van der Waals surface area contributed by atoms with Crippen molar-refractivity contribution in [2.45, 2.75) is 52.0 Å². The van der Waals surface area contributed by atoms with E-state index in [4.69, 9.17) is 14.2 Å². The summed E-state index contributed by atoms with van der Waals surface area (Å²) >= 11 is 0. The molecule has 1 aliphatic rings. The number of ether oxygens (including phenoxy) is 3. The zero-order chi connectivity index (χ0) is 22.2. The summed E-state index contributed by atoms with van der Waals surface area (Å²) in [6.45, 7) is 9.19.